The number of aromatic nitrogens is 3. The summed E-state index contributed by atoms with van der Waals surface area (Å²) < 4.78 is 19.1. The van der Waals surface area contributed by atoms with Crippen molar-refractivity contribution in [3.8, 4) is 5.75 Å². The minimum absolute atomic E-state index is 0.248. The second kappa shape index (κ2) is 12.1. The lowest BCUT2D eigenvalue weighted by Crippen LogP contribution is -2.07. The number of rotatable bonds is 10. The summed E-state index contributed by atoms with van der Waals surface area (Å²) in [5, 5.41) is 10.7. The monoisotopic (exact) mass is 505 g/mol. The summed E-state index contributed by atoms with van der Waals surface area (Å²) in [6, 6.07) is 32.9. The molecule has 0 atom stereocenters. The van der Waals surface area contributed by atoms with Gasteiger partial charge >= 0.3 is 0 Å². The van der Waals surface area contributed by atoms with E-state index in [1.165, 1.54) is 12.1 Å². The molecule has 5 rings (SSSR count). The highest BCUT2D eigenvalue weighted by atomic mass is 19.1. The maximum atomic E-state index is 13.2. The van der Waals surface area contributed by atoms with Gasteiger partial charge in [-0.15, -0.1) is 0 Å². The van der Waals surface area contributed by atoms with Crippen LogP contribution in [0.25, 0.3) is 0 Å². The highest BCUT2D eigenvalue weighted by molar-refractivity contribution is 5.83. The number of benzene rings is 4. The van der Waals surface area contributed by atoms with Crippen LogP contribution < -0.4 is 20.8 Å². The van der Waals surface area contributed by atoms with Crippen LogP contribution in [0.3, 0.4) is 0 Å². The predicted molar refractivity (Wildman–Crippen MR) is 148 cm³/mol. The van der Waals surface area contributed by atoms with Crippen molar-refractivity contribution in [1.29, 1.82) is 0 Å². The van der Waals surface area contributed by atoms with Gasteiger partial charge in [-0.2, -0.15) is 20.1 Å². The Morgan fingerprint density at radius 3 is 1.84 bits per heavy atom. The number of anilines is 5. The second-order valence-corrected chi connectivity index (χ2v) is 8.11. The number of hydrogen-bond acceptors (Lipinski definition) is 8. The highest BCUT2D eigenvalue weighted by Gasteiger charge is 2.08. The van der Waals surface area contributed by atoms with Crippen molar-refractivity contribution in [2.24, 2.45) is 5.10 Å². The van der Waals surface area contributed by atoms with Gasteiger partial charge < -0.3 is 15.4 Å². The molecule has 0 saturated carbocycles. The zero-order chi connectivity index (χ0) is 26.0. The van der Waals surface area contributed by atoms with Crippen molar-refractivity contribution in [1.82, 2.24) is 15.0 Å². The minimum Gasteiger partial charge on any atom is -0.488 e. The first-order valence-corrected chi connectivity index (χ1v) is 11.9. The van der Waals surface area contributed by atoms with Gasteiger partial charge in [0.2, 0.25) is 17.8 Å². The Morgan fingerprint density at radius 1 is 0.658 bits per heavy atom. The molecule has 0 saturated heterocycles. The summed E-state index contributed by atoms with van der Waals surface area (Å²) in [5.41, 5.74) is 6.17. The summed E-state index contributed by atoms with van der Waals surface area (Å²) in [6.45, 7) is 0.301. The fourth-order valence-electron chi connectivity index (χ4n) is 3.46. The molecule has 0 amide bonds. The molecular weight excluding hydrogens is 481 g/mol. The van der Waals surface area contributed by atoms with Gasteiger partial charge in [-0.05, 0) is 54.1 Å². The van der Waals surface area contributed by atoms with E-state index in [1.54, 1.807) is 18.3 Å². The molecule has 1 aromatic heterocycles. The number of para-hydroxylation sites is 3. The van der Waals surface area contributed by atoms with Gasteiger partial charge in [0.1, 0.15) is 18.2 Å². The molecule has 0 spiro atoms. The Bertz CT molecular complexity index is 1440. The van der Waals surface area contributed by atoms with Gasteiger partial charge in [-0.1, -0.05) is 60.7 Å². The fourth-order valence-corrected chi connectivity index (χ4v) is 3.46. The van der Waals surface area contributed by atoms with Crippen molar-refractivity contribution >= 4 is 35.4 Å². The fraction of sp³-hybridized carbons (Fsp3) is 0.0345. The molecule has 8 nitrogen and oxygen atoms in total. The molecule has 5 aromatic rings. The number of halogens is 1. The van der Waals surface area contributed by atoms with Crippen molar-refractivity contribution < 1.29 is 9.13 Å². The first-order valence-electron chi connectivity index (χ1n) is 11.9. The van der Waals surface area contributed by atoms with Crippen molar-refractivity contribution in [3.63, 3.8) is 0 Å². The van der Waals surface area contributed by atoms with E-state index in [2.05, 4.69) is 36.1 Å². The number of ether oxygens (including phenoxy) is 1. The lowest BCUT2D eigenvalue weighted by molar-refractivity contribution is 0.305. The molecule has 0 bridgehead atoms. The predicted octanol–water partition coefficient (Wildman–Crippen LogP) is 6.52. The zero-order valence-corrected chi connectivity index (χ0v) is 20.3. The SMILES string of the molecule is Fc1ccc(COc2ccccc2/C=N/Nc2nc(Nc3ccccc3)nc(Nc3ccccc3)n2)cc1. The van der Waals surface area contributed by atoms with Crippen LogP contribution >= 0.6 is 0 Å². The average Bonchev–Trinajstić information content (AvgIpc) is 2.94. The van der Waals surface area contributed by atoms with Gasteiger partial charge in [0.15, 0.2) is 0 Å². The quantitative estimate of drug-likeness (QED) is 0.147. The third kappa shape index (κ3) is 6.88. The van der Waals surface area contributed by atoms with E-state index in [1.807, 2.05) is 84.9 Å². The number of hydrazone groups is 1. The smallest absolute Gasteiger partial charge is 0.250 e. The highest BCUT2D eigenvalue weighted by Crippen LogP contribution is 2.20. The lowest BCUT2D eigenvalue weighted by atomic mass is 10.2. The molecule has 0 aliphatic rings. The first-order chi connectivity index (χ1) is 18.7. The molecule has 1 heterocycles. The second-order valence-electron chi connectivity index (χ2n) is 8.11. The summed E-state index contributed by atoms with van der Waals surface area (Å²) in [5.74, 6) is 1.30. The Hall–Kier alpha value is -5.31. The van der Waals surface area contributed by atoms with Gasteiger partial charge in [0.25, 0.3) is 0 Å². The topological polar surface area (TPSA) is 96.4 Å². The van der Waals surface area contributed by atoms with E-state index in [4.69, 9.17) is 4.74 Å². The van der Waals surface area contributed by atoms with Gasteiger partial charge in [-0.25, -0.2) is 9.82 Å². The molecular formula is C29H24FN7O. The summed E-state index contributed by atoms with van der Waals surface area (Å²) in [7, 11) is 0. The van der Waals surface area contributed by atoms with Crippen LogP contribution in [-0.2, 0) is 6.61 Å². The Balaban J connectivity index is 1.32. The molecule has 0 fully saturated rings. The van der Waals surface area contributed by atoms with Crippen molar-refractivity contribution in [2.45, 2.75) is 6.61 Å². The van der Waals surface area contributed by atoms with Crippen LogP contribution in [0.2, 0.25) is 0 Å². The van der Waals surface area contributed by atoms with E-state index in [-0.39, 0.29) is 11.8 Å². The van der Waals surface area contributed by atoms with Gasteiger partial charge in [0.05, 0.1) is 6.21 Å². The maximum absolute atomic E-state index is 13.2. The molecule has 188 valence electrons. The standard InChI is InChI=1S/C29H24FN7O/c30-23-17-15-21(16-18-23)20-38-26-14-8-7-9-22(26)19-31-37-29-35-27(32-24-10-3-1-4-11-24)34-28(36-29)33-25-12-5-2-6-13-25/h1-19H,20H2,(H3,32,33,34,35,36,37)/b31-19+. The van der Waals surface area contributed by atoms with Crippen molar-refractivity contribution in [2.75, 3.05) is 16.1 Å². The number of nitrogens with zero attached hydrogens (tertiary/aromatic N) is 4. The number of hydrogen-bond donors (Lipinski definition) is 3. The van der Waals surface area contributed by atoms with Crippen LogP contribution in [0.5, 0.6) is 5.75 Å². The van der Waals surface area contributed by atoms with Crippen LogP contribution in [-0.4, -0.2) is 21.2 Å². The Morgan fingerprint density at radius 2 is 1.21 bits per heavy atom. The van der Waals surface area contributed by atoms with E-state index in [0.29, 0.717) is 24.3 Å². The van der Waals surface area contributed by atoms with Gasteiger partial charge in [-0.3, -0.25) is 0 Å². The molecule has 0 radical (unpaired) electrons. The third-order valence-corrected chi connectivity index (χ3v) is 5.29. The Labute approximate surface area is 219 Å². The Kier molecular flexibility index (Phi) is 7.76. The molecule has 0 unspecified atom stereocenters. The van der Waals surface area contributed by atoms with E-state index in [0.717, 1.165) is 22.5 Å². The van der Waals surface area contributed by atoms with E-state index < -0.39 is 0 Å². The van der Waals surface area contributed by atoms with E-state index in [9.17, 15) is 4.39 Å². The summed E-state index contributed by atoms with van der Waals surface area (Å²) in [4.78, 5) is 13.4. The van der Waals surface area contributed by atoms with E-state index >= 15 is 0 Å². The third-order valence-electron chi connectivity index (χ3n) is 5.29. The largest absolute Gasteiger partial charge is 0.488 e. The van der Waals surface area contributed by atoms with Crippen molar-refractivity contribution in [3.05, 3.63) is 126 Å². The molecule has 3 N–H and O–H groups in total. The summed E-state index contributed by atoms with van der Waals surface area (Å²) in [6.07, 6.45) is 1.62. The van der Waals surface area contributed by atoms with Crippen LogP contribution in [0.4, 0.5) is 33.6 Å². The molecule has 0 aliphatic heterocycles. The molecule has 9 heteroatoms. The van der Waals surface area contributed by atoms with Crippen LogP contribution in [0.1, 0.15) is 11.1 Å². The molecule has 4 aromatic carbocycles. The minimum atomic E-state index is -0.282. The zero-order valence-electron chi connectivity index (χ0n) is 20.3. The number of nitrogens with one attached hydrogen (secondary N) is 3. The summed E-state index contributed by atoms with van der Waals surface area (Å²) >= 11 is 0. The maximum Gasteiger partial charge on any atom is 0.250 e. The lowest BCUT2D eigenvalue weighted by Gasteiger charge is -2.10. The van der Waals surface area contributed by atoms with Gasteiger partial charge in [0, 0.05) is 16.9 Å². The van der Waals surface area contributed by atoms with Crippen LogP contribution in [0.15, 0.2) is 114 Å². The average molecular weight is 506 g/mol. The molecule has 38 heavy (non-hydrogen) atoms. The van der Waals surface area contributed by atoms with Crippen LogP contribution in [0, 0.1) is 5.82 Å². The normalized spacial score (nSPS) is 10.8. The first kappa shape index (κ1) is 24.4. The molecule has 0 aliphatic carbocycles.